The molecule has 112 valence electrons. The van der Waals surface area contributed by atoms with Crippen LogP contribution in [0.2, 0.25) is 5.02 Å². The summed E-state index contributed by atoms with van der Waals surface area (Å²) >= 11 is 5.73. The SMILES string of the molecule is COC(=O)CC(=O)C(=NNc1ccc(Cl)cc1)C(=O)OC. The Hall–Kier alpha value is -2.41. The molecule has 0 saturated heterocycles. The predicted molar refractivity (Wildman–Crippen MR) is 76.2 cm³/mol. The molecule has 1 aromatic rings. The second kappa shape index (κ2) is 8.01. The summed E-state index contributed by atoms with van der Waals surface area (Å²) in [6.07, 6.45) is -0.604. The number of nitrogens with zero attached hydrogens (tertiary/aromatic N) is 1. The fraction of sp³-hybridized carbons (Fsp3) is 0.231. The highest BCUT2D eigenvalue weighted by Gasteiger charge is 2.24. The third-order valence-electron chi connectivity index (χ3n) is 2.32. The molecule has 0 spiro atoms. The van der Waals surface area contributed by atoms with Gasteiger partial charge in [-0.25, -0.2) is 4.79 Å². The second-order valence-electron chi connectivity index (χ2n) is 3.75. The number of nitrogens with one attached hydrogen (secondary N) is 1. The van der Waals surface area contributed by atoms with Crippen LogP contribution >= 0.6 is 11.6 Å². The van der Waals surface area contributed by atoms with Crippen LogP contribution in [0.4, 0.5) is 5.69 Å². The molecule has 0 fully saturated rings. The third-order valence-corrected chi connectivity index (χ3v) is 2.57. The van der Waals surface area contributed by atoms with E-state index in [2.05, 4.69) is 20.0 Å². The molecule has 8 heteroatoms. The zero-order valence-electron chi connectivity index (χ0n) is 11.4. The Morgan fingerprint density at radius 3 is 2.29 bits per heavy atom. The van der Waals surface area contributed by atoms with Gasteiger partial charge in [0.05, 0.1) is 19.9 Å². The van der Waals surface area contributed by atoms with Gasteiger partial charge in [-0.3, -0.25) is 15.0 Å². The fourth-order valence-corrected chi connectivity index (χ4v) is 1.38. The minimum atomic E-state index is -0.953. The highest BCUT2D eigenvalue weighted by atomic mass is 35.5. The summed E-state index contributed by atoms with van der Waals surface area (Å²) in [5.41, 5.74) is 2.49. The van der Waals surface area contributed by atoms with Crippen molar-refractivity contribution in [3.05, 3.63) is 29.3 Å². The van der Waals surface area contributed by atoms with Crippen molar-refractivity contribution in [2.24, 2.45) is 5.10 Å². The van der Waals surface area contributed by atoms with E-state index >= 15 is 0 Å². The Balaban J connectivity index is 2.88. The molecule has 0 unspecified atom stereocenters. The monoisotopic (exact) mass is 312 g/mol. The molecule has 0 heterocycles. The molecule has 1 rings (SSSR count). The van der Waals surface area contributed by atoms with Gasteiger partial charge >= 0.3 is 11.9 Å². The maximum atomic E-state index is 11.8. The van der Waals surface area contributed by atoms with Crippen LogP contribution in [0.3, 0.4) is 0 Å². The summed E-state index contributed by atoms with van der Waals surface area (Å²) in [5.74, 6) is -2.54. The van der Waals surface area contributed by atoms with E-state index in [9.17, 15) is 14.4 Å². The molecular formula is C13H13ClN2O5. The Labute approximate surface area is 125 Å². The molecule has 1 N–H and O–H groups in total. The van der Waals surface area contributed by atoms with Gasteiger partial charge in [-0.2, -0.15) is 5.10 Å². The highest BCUT2D eigenvalue weighted by Crippen LogP contribution is 2.13. The lowest BCUT2D eigenvalue weighted by Gasteiger charge is -2.05. The number of carbonyl (C=O) groups excluding carboxylic acids is 3. The number of ketones is 1. The van der Waals surface area contributed by atoms with Gasteiger partial charge in [0.25, 0.3) is 0 Å². The lowest BCUT2D eigenvalue weighted by molar-refractivity contribution is -0.142. The number of carbonyl (C=O) groups is 3. The van der Waals surface area contributed by atoms with Gasteiger partial charge in [-0.15, -0.1) is 0 Å². The number of hydrogen-bond donors (Lipinski definition) is 1. The van der Waals surface area contributed by atoms with Crippen LogP contribution in [-0.2, 0) is 23.9 Å². The Bertz CT molecular complexity index is 568. The van der Waals surface area contributed by atoms with Crippen molar-refractivity contribution in [3.63, 3.8) is 0 Å². The van der Waals surface area contributed by atoms with Crippen LogP contribution in [0.15, 0.2) is 29.4 Å². The van der Waals surface area contributed by atoms with Gasteiger partial charge in [0.15, 0.2) is 0 Å². The summed E-state index contributed by atoms with van der Waals surface area (Å²) in [7, 11) is 2.24. The number of Topliss-reactive ketones (excluding diaryl/α,β-unsaturated/α-hetero) is 1. The Kier molecular flexibility index (Phi) is 6.35. The number of methoxy groups -OCH3 is 2. The van der Waals surface area contributed by atoms with Crippen molar-refractivity contribution >= 4 is 40.7 Å². The molecule has 0 amide bonds. The molecule has 0 aliphatic rings. The first-order chi connectivity index (χ1) is 9.97. The average Bonchev–Trinajstić information content (AvgIpc) is 2.48. The van der Waals surface area contributed by atoms with E-state index in [1.807, 2.05) is 0 Å². The van der Waals surface area contributed by atoms with Crippen molar-refractivity contribution in [1.29, 1.82) is 0 Å². The lowest BCUT2D eigenvalue weighted by Crippen LogP contribution is -2.28. The van der Waals surface area contributed by atoms with Crippen LogP contribution < -0.4 is 5.43 Å². The minimum absolute atomic E-state index is 0.506. The number of halogens is 1. The summed E-state index contributed by atoms with van der Waals surface area (Å²) in [6.45, 7) is 0. The van der Waals surface area contributed by atoms with Gasteiger partial charge in [0.1, 0.15) is 6.42 Å². The number of hydrogen-bond acceptors (Lipinski definition) is 7. The standard InChI is InChI=1S/C13H13ClN2O5/c1-20-11(18)7-10(17)12(13(19)21-2)16-15-9-5-3-8(14)4-6-9/h3-6,15H,7H2,1-2H3. The van der Waals surface area contributed by atoms with Gasteiger partial charge in [0, 0.05) is 5.02 Å². The third kappa shape index (κ3) is 5.23. The molecular weight excluding hydrogens is 300 g/mol. The van der Waals surface area contributed by atoms with E-state index in [0.717, 1.165) is 14.2 Å². The molecule has 0 saturated carbocycles. The highest BCUT2D eigenvalue weighted by molar-refractivity contribution is 6.65. The predicted octanol–water partition coefficient (Wildman–Crippen LogP) is 1.41. The van der Waals surface area contributed by atoms with Crippen molar-refractivity contribution < 1.29 is 23.9 Å². The summed E-state index contributed by atoms with van der Waals surface area (Å²) < 4.78 is 8.81. The molecule has 21 heavy (non-hydrogen) atoms. The van der Waals surface area contributed by atoms with Crippen LogP contribution in [0.25, 0.3) is 0 Å². The lowest BCUT2D eigenvalue weighted by atomic mass is 10.2. The molecule has 0 aliphatic carbocycles. The number of benzene rings is 1. The van der Waals surface area contributed by atoms with E-state index in [1.54, 1.807) is 24.3 Å². The smallest absolute Gasteiger partial charge is 0.362 e. The summed E-state index contributed by atoms with van der Waals surface area (Å²) in [4.78, 5) is 34.4. The Morgan fingerprint density at radius 2 is 1.76 bits per heavy atom. The number of esters is 2. The number of rotatable bonds is 6. The molecule has 0 aromatic heterocycles. The van der Waals surface area contributed by atoms with E-state index in [0.29, 0.717) is 10.7 Å². The fourth-order valence-electron chi connectivity index (χ4n) is 1.25. The normalized spacial score (nSPS) is 10.7. The van der Waals surface area contributed by atoms with Gasteiger partial charge in [-0.05, 0) is 24.3 Å². The molecule has 0 atom stereocenters. The molecule has 7 nitrogen and oxygen atoms in total. The maximum absolute atomic E-state index is 11.8. The quantitative estimate of drug-likeness (QED) is 0.369. The largest absolute Gasteiger partial charge is 0.469 e. The van der Waals surface area contributed by atoms with Gasteiger partial charge < -0.3 is 9.47 Å². The second-order valence-corrected chi connectivity index (χ2v) is 4.18. The first-order valence-electron chi connectivity index (χ1n) is 5.75. The van der Waals surface area contributed by atoms with E-state index < -0.39 is 29.9 Å². The van der Waals surface area contributed by atoms with Crippen molar-refractivity contribution in [2.45, 2.75) is 6.42 Å². The van der Waals surface area contributed by atoms with E-state index in [1.165, 1.54) is 0 Å². The van der Waals surface area contributed by atoms with Crippen LogP contribution in [-0.4, -0.2) is 37.7 Å². The Morgan fingerprint density at radius 1 is 1.14 bits per heavy atom. The van der Waals surface area contributed by atoms with Crippen LogP contribution in [0, 0.1) is 0 Å². The van der Waals surface area contributed by atoms with Crippen molar-refractivity contribution in [2.75, 3.05) is 19.6 Å². The van der Waals surface area contributed by atoms with E-state index in [4.69, 9.17) is 11.6 Å². The first kappa shape index (κ1) is 16.6. The zero-order chi connectivity index (χ0) is 15.8. The van der Waals surface area contributed by atoms with Gasteiger partial charge in [-0.1, -0.05) is 11.6 Å². The van der Waals surface area contributed by atoms with Gasteiger partial charge in [0.2, 0.25) is 11.5 Å². The molecule has 0 aliphatic heterocycles. The molecule has 0 radical (unpaired) electrons. The topological polar surface area (TPSA) is 94.1 Å². The van der Waals surface area contributed by atoms with E-state index in [-0.39, 0.29) is 0 Å². The van der Waals surface area contributed by atoms with Crippen molar-refractivity contribution in [1.82, 2.24) is 0 Å². The van der Waals surface area contributed by atoms with Crippen LogP contribution in [0.5, 0.6) is 0 Å². The molecule has 0 bridgehead atoms. The number of anilines is 1. The number of hydrazone groups is 1. The minimum Gasteiger partial charge on any atom is -0.469 e. The summed E-state index contributed by atoms with van der Waals surface area (Å²) in [5, 5.41) is 4.20. The maximum Gasteiger partial charge on any atom is 0.362 e. The first-order valence-corrected chi connectivity index (χ1v) is 6.13. The molecule has 1 aromatic carbocycles. The summed E-state index contributed by atoms with van der Waals surface area (Å²) in [6, 6.07) is 6.41. The average molecular weight is 313 g/mol. The number of ether oxygens (including phenoxy) is 2. The van der Waals surface area contributed by atoms with Crippen molar-refractivity contribution in [3.8, 4) is 0 Å². The zero-order valence-corrected chi connectivity index (χ0v) is 12.1. The van der Waals surface area contributed by atoms with Crippen LogP contribution in [0.1, 0.15) is 6.42 Å².